The molecule has 0 bridgehead atoms. The van der Waals surface area contributed by atoms with Crippen LogP contribution in [0.4, 0.5) is 0 Å². The number of carbonyl (C=O) groups excluding carboxylic acids is 1. The Labute approximate surface area is 143 Å². The minimum absolute atomic E-state index is 0.119. The van der Waals surface area contributed by atoms with E-state index in [-0.39, 0.29) is 11.4 Å². The zero-order valence-electron chi connectivity index (χ0n) is 14.8. The summed E-state index contributed by atoms with van der Waals surface area (Å²) in [6.45, 7) is 8.55. The number of pyridine rings is 1. The van der Waals surface area contributed by atoms with E-state index in [1.807, 2.05) is 24.4 Å². The molecule has 6 heteroatoms. The second-order valence-corrected chi connectivity index (χ2v) is 7.32. The molecule has 1 saturated heterocycles. The lowest BCUT2D eigenvalue weighted by Crippen LogP contribution is -2.48. The first-order valence-electron chi connectivity index (χ1n) is 8.81. The number of nitrogens with one attached hydrogen (secondary N) is 1. The SMILES string of the molecule is CCC(C)(C)NC(=O)CN1CCC(c2nnc3ccccn23)CC1. The molecule has 130 valence electrons. The van der Waals surface area contributed by atoms with Crippen LogP contribution in [0.3, 0.4) is 0 Å². The topological polar surface area (TPSA) is 62.5 Å². The summed E-state index contributed by atoms with van der Waals surface area (Å²) in [5.41, 5.74) is 0.770. The van der Waals surface area contributed by atoms with Gasteiger partial charge in [-0.1, -0.05) is 13.0 Å². The second kappa shape index (κ2) is 6.89. The van der Waals surface area contributed by atoms with Gasteiger partial charge in [-0.3, -0.25) is 14.1 Å². The van der Waals surface area contributed by atoms with Crippen molar-refractivity contribution in [3.05, 3.63) is 30.2 Å². The van der Waals surface area contributed by atoms with E-state index in [1.165, 1.54) is 0 Å². The fourth-order valence-electron chi connectivity index (χ4n) is 3.20. The summed E-state index contributed by atoms with van der Waals surface area (Å²) >= 11 is 0. The smallest absolute Gasteiger partial charge is 0.234 e. The van der Waals surface area contributed by atoms with Crippen LogP contribution in [-0.4, -0.2) is 50.6 Å². The van der Waals surface area contributed by atoms with Crippen LogP contribution in [0.15, 0.2) is 24.4 Å². The minimum Gasteiger partial charge on any atom is -0.350 e. The standard InChI is InChI=1S/C18H27N5O/c1-4-18(2,3)19-16(24)13-22-11-8-14(9-12-22)17-21-20-15-7-5-6-10-23(15)17/h5-7,10,14H,4,8-9,11-13H2,1-3H3,(H,19,24). The molecule has 0 radical (unpaired) electrons. The lowest BCUT2D eigenvalue weighted by atomic mass is 9.96. The molecule has 3 rings (SSSR count). The average molecular weight is 329 g/mol. The van der Waals surface area contributed by atoms with Crippen molar-refractivity contribution >= 4 is 11.6 Å². The third kappa shape index (κ3) is 3.75. The van der Waals surface area contributed by atoms with E-state index in [1.54, 1.807) is 0 Å². The Kier molecular flexibility index (Phi) is 4.85. The third-order valence-corrected chi connectivity index (χ3v) is 5.02. The first-order chi connectivity index (χ1) is 11.5. The van der Waals surface area contributed by atoms with E-state index in [2.05, 4.69) is 45.6 Å². The molecule has 3 heterocycles. The highest BCUT2D eigenvalue weighted by Crippen LogP contribution is 2.26. The van der Waals surface area contributed by atoms with Crippen LogP contribution >= 0.6 is 0 Å². The van der Waals surface area contributed by atoms with Gasteiger partial charge >= 0.3 is 0 Å². The molecule has 2 aromatic heterocycles. The molecule has 0 spiro atoms. The Morgan fingerprint density at radius 2 is 2.04 bits per heavy atom. The molecule has 1 aliphatic rings. The number of likely N-dealkylation sites (tertiary alicyclic amines) is 1. The maximum Gasteiger partial charge on any atom is 0.234 e. The minimum atomic E-state index is -0.129. The maximum atomic E-state index is 12.2. The fraction of sp³-hybridized carbons (Fsp3) is 0.611. The van der Waals surface area contributed by atoms with Gasteiger partial charge in [-0.15, -0.1) is 10.2 Å². The van der Waals surface area contributed by atoms with Crippen LogP contribution in [0, 0.1) is 0 Å². The molecule has 0 aliphatic carbocycles. The Morgan fingerprint density at radius 3 is 2.75 bits per heavy atom. The molecule has 0 saturated carbocycles. The van der Waals surface area contributed by atoms with Crippen LogP contribution in [0.25, 0.3) is 5.65 Å². The van der Waals surface area contributed by atoms with Gasteiger partial charge in [0.2, 0.25) is 5.91 Å². The Bertz CT molecular complexity index is 700. The molecular weight excluding hydrogens is 302 g/mol. The zero-order valence-corrected chi connectivity index (χ0v) is 14.8. The monoisotopic (exact) mass is 329 g/mol. The van der Waals surface area contributed by atoms with E-state index < -0.39 is 0 Å². The Hall–Kier alpha value is -1.95. The predicted molar refractivity (Wildman–Crippen MR) is 93.9 cm³/mol. The highest BCUT2D eigenvalue weighted by molar-refractivity contribution is 5.78. The molecule has 2 aromatic rings. The van der Waals surface area contributed by atoms with Crippen LogP contribution in [0.5, 0.6) is 0 Å². The lowest BCUT2D eigenvalue weighted by Gasteiger charge is -2.32. The number of carbonyl (C=O) groups is 1. The van der Waals surface area contributed by atoms with Gasteiger partial charge in [-0.05, 0) is 58.3 Å². The number of amides is 1. The van der Waals surface area contributed by atoms with Crippen molar-refractivity contribution in [2.75, 3.05) is 19.6 Å². The number of hydrogen-bond donors (Lipinski definition) is 1. The summed E-state index contributed by atoms with van der Waals surface area (Å²) in [6.07, 6.45) is 4.98. The van der Waals surface area contributed by atoms with Crippen LogP contribution in [-0.2, 0) is 4.79 Å². The van der Waals surface area contributed by atoms with E-state index in [4.69, 9.17) is 0 Å². The number of aromatic nitrogens is 3. The van der Waals surface area contributed by atoms with Crippen LogP contribution < -0.4 is 5.32 Å². The lowest BCUT2D eigenvalue weighted by molar-refractivity contribution is -0.124. The summed E-state index contributed by atoms with van der Waals surface area (Å²) in [5, 5.41) is 11.7. The molecule has 1 amide bonds. The Balaban J connectivity index is 1.55. The van der Waals surface area contributed by atoms with Crippen LogP contribution in [0.2, 0.25) is 0 Å². The molecule has 1 aliphatic heterocycles. The Morgan fingerprint density at radius 1 is 1.29 bits per heavy atom. The molecule has 0 aromatic carbocycles. The summed E-state index contributed by atoms with van der Waals surface area (Å²) in [4.78, 5) is 14.4. The third-order valence-electron chi connectivity index (χ3n) is 5.02. The normalized spacial score (nSPS) is 17.3. The van der Waals surface area contributed by atoms with Gasteiger partial charge in [-0.25, -0.2) is 0 Å². The summed E-state index contributed by atoms with van der Waals surface area (Å²) < 4.78 is 2.08. The average Bonchev–Trinajstić information content (AvgIpc) is 2.99. The molecular formula is C18H27N5O. The highest BCUT2D eigenvalue weighted by Gasteiger charge is 2.26. The number of nitrogens with zero attached hydrogens (tertiary/aromatic N) is 4. The van der Waals surface area contributed by atoms with E-state index >= 15 is 0 Å². The van der Waals surface area contributed by atoms with Crippen molar-refractivity contribution in [1.29, 1.82) is 0 Å². The molecule has 0 atom stereocenters. The van der Waals surface area contributed by atoms with Crippen molar-refractivity contribution in [2.24, 2.45) is 0 Å². The summed E-state index contributed by atoms with van der Waals surface area (Å²) in [6, 6.07) is 5.97. The van der Waals surface area contributed by atoms with Crippen molar-refractivity contribution < 1.29 is 4.79 Å². The van der Waals surface area contributed by atoms with Crippen LogP contribution in [0.1, 0.15) is 51.8 Å². The maximum absolute atomic E-state index is 12.2. The number of hydrogen-bond acceptors (Lipinski definition) is 4. The number of rotatable bonds is 5. The summed E-state index contributed by atoms with van der Waals surface area (Å²) in [5.74, 6) is 1.57. The van der Waals surface area contributed by atoms with E-state index in [0.717, 1.165) is 43.8 Å². The quantitative estimate of drug-likeness (QED) is 0.913. The molecule has 6 nitrogen and oxygen atoms in total. The van der Waals surface area contributed by atoms with Gasteiger partial charge in [0.05, 0.1) is 6.54 Å². The van der Waals surface area contributed by atoms with Crippen molar-refractivity contribution in [1.82, 2.24) is 24.8 Å². The van der Waals surface area contributed by atoms with Crippen molar-refractivity contribution in [2.45, 2.75) is 51.5 Å². The molecule has 1 fully saturated rings. The summed E-state index contributed by atoms with van der Waals surface area (Å²) in [7, 11) is 0. The first kappa shape index (κ1) is 16.9. The molecule has 24 heavy (non-hydrogen) atoms. The fourth-order valence-corrected chi connectivity index (χ4v) is 3.20. The first-order valence-corrected chi connectivity index (χ1v) is 8.81. The predicted octanol–water partition coefficient (Wildman–Crippen LogP) is 2.21. The van der Waals surface area contributed by atoms with Gasteiger partial charge in [0.25, 0.3) is 0 Å². The number of piperidine rings is 1. The second-order valence-electron chi connectivity index (χ2n) is 7.32. The highest BCUT2D eigenvalue weighted by atomic mass is 16.2. The number of fused-ring (bicyclic) bond motifs is 1. The van der Waals surface area contributed by atoms with Gasteiger partial charge < -0.3 is 5.32 Å². The molecule has 1 N–H and O–H groups in total. The van der Waals surface area contributed by atoms with Gasteiger partial charge in [0.1, 0.15) is 5.82 Å². The zero-order chi connectivity index (χ0) is 17.2. The van der Waals surface area contributed by atoms with Gasteiger partial charge in [0.15, 0.2) is 5.65 Å². The largest absolute Gasteiger partial charge is 0.350 e. The molecule has 0 unspecified atom stereocenters. The van der Waals surface area contributed by atoms with Gasteiger partial charge in [0, 0.05) is 17.7 Å². The van der Waals surface area contributed by atoms with Gasteiger partial charge in [-0.2, -0.15) is 0 Å². The van der Waals surface area contributed by atoms with Crippen molar-refractivity contribution in [3.8, 4) is 0 Å². The van der Waals surface area contributed by atoms with E-state index in [9.17, 15) is 4.79 Å². The van der Waals surface area contributed by atoms with E-state index in [0.29, 0.717) is 12.5 Å². The van der Waals surface area contributed by atoms with Crippen molar-refractivity contribution in [3.63, 3.8) is 0 Å².